The first kappa shape index (κ1) is 35.9. The summed E-state index contributed by atoms with van der Waals surface area (Å²) in [5.41, 5.74) is 5.07. The van der Waals surface area contributed by atoms with E-state index in [1.165, 1.54) is 22.9 Å². The van der Waals surface area contributed by atoms with Gasteiger partial charge in [-0.1, -0.05) is 48.5 Å². The van der Waals surface area contributed by atoms with E-state index in [2.05, 4.69) is 63.6 Å². The van der Waals surface area contributed by atoms with Crippen LogP contribution in [0.5, 0.6) is 11.5 Å². The van der Waals surface area contributed by atoms with Gasteiger partial charge in [-0.2, -0.15) is 0 Å². The van der Waals surface area contributed by atoms with Crippen LogP contribution in [0, 0.1) is 11.7 Å². The first-order valence-corrected chi connectivity index (χ1v) is 19.6. The number of piperidine rings is 2. The summed E-state index contributed by atoms with van der Waals surface area (Å²) in [6.45, 7) is 6.14. The van der Waals surface area contributed by atoms with E-state index < -0.39 is 35.5 Å². The molecule has 0 saturated carbocycles. The summed E-state index contributed by atoms with van der Waals surface area (Å²) >= 11 is 0. The second-order valence-corrected chi connectivity index (χ2v) is 15.6. The van der Waals surface area contributed by atoms with Crippen LogP contribution in [0.1, 0.15) is 74.9 Å². The Bertz CT molecular complexity index is 2180. The normalized spacial score (nSPS) is 23.2. The van der Waals surface area contributed by atoms with E-state index in [0.717, 1.165) is 67.8 Å². The Labute approximate surface area is 324 Å². The average Bonchev–Trinajstić information content (AvgIpc) is 3.45. The third-order valence-electron chi connectivity index (χ3n) is 12.3. The van der Waals surface area contributed by atoms with Crippen LogP contribution in [0.4, 0.5) is 15.8 Å². The number of aromatic hydroxyl groups is 1. The van der Waals surface area contributed by atoms with Crippen LogP contribution in [0.3, 0.4) is 0 Å². The van der Waals surface area contributed by atoms with Crippen molar-refractivity contribution in [3.63, 3.8) is 0 Å². The van der Waals surface area contributed by atoms with Crippen LogP contribution in [0.15, 0.2) is 84.9 Å². The van der Waals surface area contributed by atoms with E-state index in [0.29, 0.717) is 25.6 Å². The maximum atomic E-state index is 15.5. The molecule has 2 N–H and O–H groups in total. The Balaban J connectivity index is 0.799. The number of rotatable bonds is 7. The van der Waals surface area contributed by atoms with Gasteiger partial charge in [0.2, 0.25) is 11.8 Å². The Morgan fingerprint density at radius 2 is 1.46 bits per heavy atom. The Kier molecular flexibility index (Phi) is 9.44. The number of imide groups is 2. The molecule has 9 rings (SSSR count). The number of nitrogens with zero attached hydrogens (tertiary/aromatic N) is 4. The smallest absolute Gasteiger partial charge is 0.262 e. The molecule has 4 aromatic carbocycles. The molecule has 4 aromatic rings. The summed E-state index contributed by atoms with van der Waals surface area (Å²) in [7, 11) is 0. The number of ether oxygens (including phenoxy) is 1. The van der Waals surface area contributed by atoms with Gasteiger partial charge in [0.25, 0.3) is 11.8 Å². The molecule has 0 bridgehead atoms. The molecule has 0 spiro atoms. The van der Waals surface area contributed by atoms with Crippen LogP contribution in [0.25, 0.3) is 0 Å². The van der Waals surface area contributed by atoms with Crippen molar-refractivity contribution in [2.24, 2.45) is 5.92 Å². The fourth-order valence-electron chi connectivity index (χ4n) is 9.32. The highest BCUT2D eigenvalue weighted by Gasteiger charge is 2.45. The second-order valence-electron chi connectivity index (χ2n) is 15.6. The van der Waals surface area contributed by atoms with E-state index in [1.807, 2.05) is 17.0 Å². The van der Waals surface area contributed by atoms with Gasteiger partial charge in [-0.15, -0.1) is 0 Å². The number of carbonyl (C=O) groups is 4. The lowest BCUT2D eigenvalue weighted by molar-refractivity contribution is -0.136. The van der Waals surface area contributed by atoms with Gasteiger partial charge in [-0.3, -0.25) is 34.3 Å². The molecule has 5 aliphatic rings. The molecule has 4 amide bonds. The van der Waals surface area contributed by atoms with Crippen LogP contribution < -0.4 is 19.9 Å². The number of nitrogens with one attached hydrogen (secondary N) is 1. The lowest BCUT2D eigenvalue weighted by Gasteiger charge is -2.40. The summed E-state index contributed by atoms with van der Waals surface area (Å²) in [5.74, 6) is -1.31. The number of phenols is 1. The molecular formula is C44H44FN5O6. The molecule has 288 valence electrons. The second kappa shape index (κ2) is 14.7. The molecule has 0 radical (unpaired) electrons. The first-order chi connectivity index (χ1) is 27.2. The van der Waals surface area contributed by atoms with Gasteiger partial charge in [-0.25, -0.2) is 4.39 Å². The maximum Gasteiger partial charge on any atom is 0.262 e. The van der Waals surface area contributed by atoms with E-state index in [-0.39, 0.29) is 47.2 Å². The predicted molar refractivity (Wildman–Crippen MR) is 208 cm³/mol. The van der Waals surface area contributed by atoms with Crippen LogP contribution in [-0.2, 0) is 9.59 Å². The van der Waals surface area contributed by atoms with Crippen molar-refractivity contribution in [1.82, 2.24) is 15.1 Å². The van der Waals surface area contributed by atoms with Gasteiger partial charge in [0.05, 0.1) is 23.4 Å². The van der Waals surface area contributed by atoms with Crippen LogP contribution in [0.2, 0.25) is 0 Å². The fourth-order valence-corrected chi connectivity index (χ4v) is 9.32. The van der Waals surface area contributed by atoms with Crippen molar-refractivity contribution in [2.75, 3.05) is 62.2 Å². The fraction of sp³-hybridized carbons (Fsp3) is 0.364. The molecule has 0 aliphatic carbocycles. The number of amides is 4. The summed E-state index contributed by atoms with van der Waals surface area (Å²) in [6, 6.07) is 26.4. The number of carbonyl (C=O) groups excluding carboxylic acids is 4. The highest BCUT2D eigenvalue weighted by atomic mass is 19.1. The van der Waals surface area contributed by atoms with E-state index in [1.54, 1.807) is 12.1 Å². The zero-order chi connectivity index (χ0) is 38.5. The Hall–Kier alpha value is -5.75. The van der Waals surface area contributed by atoms with Gasteiger partial charge in [0, 0.05) is 81.4 Å². The number of halogens is 1. The number of piperazine rings is 1. The van der Waals surface area contributed by atoms with Gasteiger partial charge in [-0.05, 0) is 66.6 Å². The van der Waals surface area contributed by atoms with E-state index in [9.17, 15) is 24.3 Å². The zero-order valence-electron chi connectivity index (χ0n) is 31.0. The molecule has 3 atom stereocenters. The molecule has 11 nitrogen and oxygen atoms in total. The lowest BCUT2D eigenvalue weighted by atomic mass is 9.76. The summed E-state index contributed by atoms with van der Waals surface area (Å²) in [5, 5.41) is 12.3. The Morgan fingerprint density at radius 1 is 0.750 bits per heavy atom. The minimum Gasteiger partial charge on any atom is -0.508 e. The minimum absolute atomic E-state index is 0.0262. The average molecular weight is 758 g/mol. The summed E-state index contributed by atoms with van der Waals surface area (Å²) in [6.07, 6.45) is 2.23. The standard InChI is InChI=1S/C44H44FN5O6/c45-36-23-33-34(44(55)50(43(33)54)37-12-13-40(52)46-42(37)53)24-38(36)49-20-18-47(19-21-49)25-27-14-16-48(17-15-27)30-8-6-29(7-9-30)41-32-11-10-31(51)22-39(32)56-26-35(41)28-4-2-1-3-5-28/h1-11,22-24,27,35,37,41,51H,12-21,25-26H2,(H,46,52,53)/t35-,37?,41?/m1/s1. The molecule has 5 heterocycles. The van der Waals surface area contributed by atoms with Gasteiger partial charge < -0.3 is 19.6 Å². The van der Waals surface area contributed by atoms with Crippen molar-refractivity contribution < 1.29 is 33.4 Å². The highest BCUT2D eigenvalue weighted by molar-refractivity contribution is 6.23. The van der Waals surface area contributed by atoms with E-state index >= 15 is 4.39 Å². The predicted octanol–water partition coefficient (Wildman–Crippen LogP) is 5.28. The molecule has 3 saturated heterocycles. The third-order valence-corrected chi connectivity index (χ3v) is 12.3. The van der Waals surface area contributed by atoms with Gasteiger partial charge in [0.15, 0.2) is 0 Å². The largest absolute Gasteiger partial charge is 0.508 e. The van der Waals surface area contributed by atoms with Gasteiger partial charge >= 0.3 is 0 Å². The number of benzene rings is 4. The van der Waals surface area contributed by atoms with Crippen LogP contribution >= 0.6 is 0 Å². The number of phenolic OH excluding ortho intramolecular Hbond substituents is 1. The number of anilines is 2. The molecule has 2 unspecified atom stereocenters. The first-order valence-electron chi connectivity index (χ1n) is 19.6. The third kappa shape index (κ3) is 6.65. The quantitative estimate of drug-likeness (QED) is 0.243. The minimum atomic E-state index is -1.09. The number of hydrogen-bond acceptors (Lipinski definition) is 9. The number of hydrogen-bond donors (Lipinski definition) is 2. The van der Waals surface area contributed by atoms with Crippen molar-refractivity contribution in [3.05, 3.63) is 119 Å². The topological polar surface area (TPSA) is 123 Å². The SMILES string of the molecule is O=C1CCC(N2C(=O)c3cc(F)c(N4CCN(CC5CCN(c6ccc(C7c8ccc(O)cc8OC[C@@H]7c7ccccc7)cc6)CC5)CC4)cc3C2=O)C(=O)N1. The number of fused-ring (bicyclic) bond motifs is 2. The van der Waals surface area contributed by atoms with Crippen molar-refractivity contribution >= 4 is 35.0 Å². The van der Waals surface area contributed by atoms with Crippen LogP contribution in [-0.4, -0.2) is 97.0 Å². The van der Waals surface area contributed by atoms with E-state index in [4.69, 9.17) is 4.74 Å². The summed E-state index contributed by atoms with van der Waals surface area (Å²) < 4.78 is 21.6. The molecular weight excluding hydrogens is 714 g/mol. The van der Waals surface area contributed by atoms with Crippen molar-refractivity contribution in [1.29, 1.82) is 0 Å². The highest BCUT2D eigenvalue weighted by Crippen LogP contribution is 2.47. The van der Waals surface area contributed by atoms with Crippen molar-refractivity contribution in [2.45, 2.75) is 43.6 Å². The maximum absolute atomic E-state index is 15.5. The molecule has 12 heteroatoms. The zero-order valence-corrected chi connectivity index (χ0v) is 31.0. The van der Waals surface area contributed by atoms with Gasteiger partial charge in [0.1, 0.15) is 23.4 Å². The Morgan fingerprint density at radius 3 is 2.18 bits per heavy atom. The molecule has 3 fully saturated rings. The monoisotopic (exact) mass is 757 g/mol. The summed E-state index contributed by atoms with van der Waals surface area (Å²) in [4.78, 5) is 58.2. The lowest BCUT2D eigenvalue weighted by Crippen LogP contribution is -2.54. The molecule has 0 aromatic heterocycles. The van der Waals surface area contributed by atoms with Crippen molar-refractivity contribution in [3.8, 4) is 11.5 Å². The molecule has 5 aliphatic heterocycles. The molecule has 56 heavy (non-hydrogen) atoms.